The van der Waals surface area contributed by atoms with Gasteiger partial charge in [-0.2, -0.15) is 0 Å². The molecule has 0 saturated carbocycles. The number of benzene rings is 1. The lowest BCUT2D eigenvalue weighted by molar-refractivity contribution is 0.102. The molecular formula is C13H11Cl2N3OS. The van der Waals surface area contributed by atoms with Crippen molar-refractivity contribution in [2.75, 3.05) is 11.6 Å². The third-order valence-electron chi connectivity index (χ3n) is 2.49. The fourth-order valence-corrected chi connectivity index (χ4v) is 2.31. The second-order valence-corrected chi connectivity index (χ2v) is 5.58. The monoisotopic (exact) mass is 327 g/mol. The number of hydrogen-bond acceptors (Lipinski definition) is 4. The van der Waals surface area contributed by atoms with Crippen LogP contribution in [0.1, 0.15) is 16.1 Å². The topological polar surface area (TPSA) is 54.9 Å². The van der Waals surface area contributed by atoms with E-state index in [1.165, 1.54) is 18.0 Å². The van der Waals surface area contributed by atoms with E-state index in [2.05, 4.69) is 15.3 Å². The number of amides is 1. The van der Waals surface area contributed by atoms with Crippen molar-refractivity contribution in [2.45, 2.75) is 12.1 Å². The van der Waals surface area contributed by atoms with E-state index in [4.69, 9.17) is 23.2 Å². The van der Waals surface area contributed by atoms with Gasteiger partial charge >= 0.3 is 0 Å². The Labute approximate surface area is 130 Å². The first-order chi connectivity index (χ1) is 9.51. The van der Waals surface area contributed by atoms with Crippen molar-refractivity contribution in [1.82, 2.24) is 9.97 Å². The minimum absolute atomic E-state index is 0.127. The summed E-state index contributed by atoms with van der Waals surface area (Å²) < 4.78 is 0. The summed E-state index contributed by atoms with van der Waals surface area (Å²) in [5.41, 5.74) is 1.66. The van der Waals surface area contributed by atoms with Crippen molar-refractivity contribution in [2.24, 2.45) is 0 Å². The van der Waals surface area contributed by atoms with Gasteiger partial charge in [0.2, 0.25) is 0 Å². The molecule has 7 heteroatoms. The lowest BCUT2D eigenvalue weighted by atomic mass is 10.2. The number of hydrogen-bond donors (Lipinski definition) is 1. The van der Waals surface area contributed by atoms with Gasteiger partial charge in [-0.3, -0.25) is 4.79 Å². The fraction of sp³-hybridized carbons (Fsp3) is 0.154. The van der Waals surface area contributed by atoms with Crippen molar-refractivity contribution < 1.29 is 4.79 Å². The van der Waals surface area contributed by atoms with Crippen molar-refractivity contribution in [1.29, 1.82) is 0 Å². The second-order valence-electron chi connectivity index (χ2n) is 3.99. The third kappa shape index (κ3) is 3.42. The SMILES string of the molecule is CSc1ncc(Cl)c(C(=O)Nc2ccc(C)cc2Cl)n1. The number of carbonyl (C=O) groups excluding carboxylic acids is 1. The summed E-state index contributed by atoms with van der Waals surface area (Å²) in [6, 6.07) is 5.36. The molecule has 0 unspecified atom stereocenters. The summed E-state index contributed by atoms with van der Waals surface area (Å²) in [6.07, 6.45) is 3.23. The molecule has 0 aliphatic carbocycles. The van der Waals surface area contributed by atoms with Crippen LogP contribution in [-0.2, 0) is 0 Å². The van der Waals surface area contributed by atoms with Gasteiger partial charge in [0, 0.05) is 0 Å². The minimum Gasteiger partial charge on any atom is -0.319 e. The molecule has 0 aliphatic heterocycles. The molecule has 20 heavy (non-hydrogen) atoms. The molecular weight excluding hydrogens is 317 g/mol. The highest BCUT2D eigenvalue weighted by Crippen LogP contribution is 2.24. The Morgan fingerprint density at radius 1 is 1.30 bits per heavy atom. The number of nitrogens with one attached hydrogen (secondary N) is 1. The van der Waals surface area contributed by atoms with Crippen LogP contribution in [0.25, 0.3) is 0 Å². The van der Waals surface area contributed by atoms with Gasteiger partial charge in [-0.25, -0.2) is 9.97 Å². The van der Waals surface area contributed by atoms with Gasteiger partial charge in [0.15, 0.2) is 10.9 Å². The zero-order valence-electron chi connectivity index (χ0n) is 10.8. The lowest BCUT2D eigenvalue weighted by Gasteiger charge is -2.08. The van der Waals surface area contributed by atoms with Crippen LogP contribution in [0.15, 0.2) is 29.6 Å². The van der Waals surface area contributed by atoms with Crippen LogP contribution in [0.5, 0.6) is 0 Å². The smallest absolute Gasteiger partial charge is 0.276 e. The zero-order valence-corrected chi connectivity index (χ0v) is 13.1. The van der Waals surface area contributed by atoms with E-state index in [1.807, 2.05) is 19.2 Å². The summed E-state index contributed by atoms with van der Waals surface area (Å²) in [5.74, 6) is -0.418. The molecule has 104 valence electrons. The third-order valence-corrected chi connectivity index (χ3v) is 3.64. The Hall–Kier alpha value is -1.30. The maximum absolute atomic E-state index is 12.2. The minimum atomic E-state index is -0.418. The van der Waals surface area contributed by atoms with E-state index in [0.29, 0.717) is 15.9 Å². The van der Waals surface area contributed by atoms with Gasteiger partial charge in [-0.05, 0) is 30.9 Å². The number of anilines is 1. The van der Waals surface area contributed by atoms with Crippen molar-refractivity contribution in [3.05, 3.63) is 45.7 Å². The molecule has 1 heterocycles. The number of carbonyl (C=O) groups is 1. The predicted octanol–water partition coefficient (Wildman–Crippen LogP) is 4.07. The van der Waals surface area contributed by atoms with E-state index in [0.717, 1.165) is 5.56 Å². The zero-order chi connectivity index (χ0) is 14.7. The number of aromatic nitrogens is 2. The number of aryl methyl sites for hydroxylation is 1. The molecule has 2 aromatic rings. The molecule has 0 bridgehead atoms. The van der Waals surface area contributed by atoms with Crippen LogP contribution >= 0.6 is 35.0 Å². The lowest BCUT2D eigenvalue weighted by Crippen LogP contribution is -2.15. The van der Waals surface area contributed by atoms with Gasteiger partial charge in [-0.15, -0.1) is 0 Å². The Morgan fingerprint density at radius 3 is 2.70 bits per heavy atom. The Morgan fingerprint density at radius 2 is 2.05 bits per heavy atom. The molecule has 4 nitrogen and oxygen atoms in total. The summed E-state index contributed by atoms with van der Waals surface area (Å²) in [6.45, 7) is 1.92. The molecule has 0 spiro atoms. The molecule has 0 saturated heterocycles. The number of thioether (sulfide) groups is 1. The summed E-state index contributed by atoms with van der Waals surface area (Å²) in [7, 11) is 0. The van der Waals surface area contributed by atoms with Gasteiger partial charge in [0.05, 0.1) is 21.9 Å². The first kappa shape index (κ1) is 15.1. The summed E-state index contributed by atoms with van der Waals surface area (Å²) in [5, 5.41) is 3.84. The standard InChI is InChI=1S/C13H11Cl2N3OS/c1-7-3-4-10(8(14)5-7)17-12(19)11-9(15)6-16-13(18-11)20-2/h3-6H,1-2H3,(H,17,19). The molecule has 1 aromatic heterocycles. The average molecular weight is 328 g/mol. The number of nitrogens with zero attached hydrogens (tertiary/aromatic N) is 2. The summed E-state index contributed by atoms with van der Waals surface area (Å²) >= 11 is 13.4. The Bertz CT molecular complexity index is 664. The van der Waals surface area contributed by atoms with E-state index in [9.17, 15) is 4.79 Å². The van der Waals surface area contributed by atoms with Crippen molar-refractivity contribution in [3.63, 3.8) is 0 Å². The first-order valence-electron chi connectivity index (χ1n) is 5.65. The van der Waals surface area contributed by atoms with Crippen molar-refractivity contribution in [3.8, 4) is 0 Å². The van der Waals surface area contributed by atoms with Gasteiger partial charge < -0.3 is 5.32 Å². The highest BCUT2D eigenvalue weighted by Gasteiger charge is 2.15. The molecule has 2 rings (SSSR count). The normalized spacial score (nSPS) is 10.4. The maximum atomic E-state index is 12.2. The highest BCUT2D eigenvalue weighted by atomic mass is 35.5. The highest BCUT2D eigenvalue weighted by molar-refractivity contribution is 7.98. The Balaban J connectivity index is 2.28. The van der Waals surface area contributed by atoms with Gasteiger partial charge in [-0.1, -0.05) is 41.0 Å². The molecule has 0 fully saturated rings. The molecule has 0 aliphatic rings. The first-order valence-corrected chi connectivity index (χ1v) is 7.63. The van der Waals surface area contributed by atoms with E-state index < -0.39 is 5.91 Å². The van der Waals surface area contributed by atoms with Crippen LogP contribution < -0.4 is 5.32 Å². The summed E-state index contributed by atoms with van der Waals surface area (Å²) in [4.78, 5) is 20.3. The Kier molecular flexibility index (Phi) is 4.86. The molecule has 0 atom stereocenters. The second kappa shape index (κ2) is 6.43. The molecule has 1 aromatic carbocycles. The molecule has 1 N–H and O–H groups in total. The van der Waals surface area contributed by atoms with Crippen LogP contribution in [0.3, 0.4) is 0 Å². The maximum Gasteiger partial charge on any atom is 0.276 e. The van der Waals surface area contributed by atoms with Crippen LogP contribution in [-0.4, -0.2) is 22.1 Å². The van der Waals surface area contributed by atoms with Gasteiger partial charge in [0.1, 0.15) is 0 Å². The number of halogens is 2. The quantitative estimate of drug-likeness (QED) is 0.682. The van der Waals surface area contributed by atoms with E-state index >= 15 is 0 Å². The average Bonchev–Trinajstić information content (AvgIpc) is 2.42. The van der Waals surface area contributed by atoms with E-state index in [-0.39, 0.29) is 10.7 Å². The largest absolute Gasteiger partial charge is 0.319 e. The van der Waals surface area contributed by atoms with E-state index in [1.54, 1.807) is 12.1 Å². The van der Waals surface area contributed by atoms with Gasteiger partial charge in [0.25, 0.3) is 5.91 Å². The molecule has 1 amide bonds. The van der Waals surface area contributed by atoms with Crippen molar-refractivity contribution >= 4 is 46.6 Å². The number of rotatable bonds is 3. The predicted molar refractivity (Wildman–Crippen MR) is 83.0 cm³/mol. The van der Waals surface area contributed by atoms with Crippen LogP contribution in [0.2, 0.25) is 10.0 Å². The fourth-order valence-electron chi connectivity index (χ4n) is 1.51. The van der Waals surface area contributed by atoms with Crippen LogP contribution in [0.4, 0.5) is 5.69 Å². The van der Waals surface area contributed by atoms with Crippen LogP contribution in [0, 0.1) is 6.92 Å². The molecule has 0 radical (unpaired) electrons.